The van der Waals surface area contributed by atoms with Crippen LogP contribution < -0.4 is 14.8 Å². The molecule has 2 rings (SSSR count). The molecule has 0 fully saturated rings. The minimum atomic E-state index is -0.629. The number of nitrogens with one attached hydrogen (secondary N) is 1. The van der Waals surface area contributed by atoms with E-state index in [1.165, 1.54) is 0 Å². The fourth-order valence-electron chi connectivity index (χ4n) is 2.20. The zero-order chi connectivity index (χ0) is 17.0. The second-order valence-corrected chi connectivity index (χ2v) is 5.73. The number of aryl methyl sites for hydroxylation is 2. The third-order valence-corrected chi connectivity index (χ3v) is 3.79. The lowest BCUT2D eigenvalue weighted by Crippen LogP contribution is -2.30. The summed E-state index contributed by atoms with van der Waals surface area (Å²) in [5, 5.41) is 3.23. The molecule has 0 aliphatic carbocycles. The largest absolute Gasteiger partial charge is 0.495 e. The molecular weight excluding hydrogens is 314 g/mol. The molecule has 1 atom stereocenters. The van der Waals surface area contributed by atoms with Gasteiger partial charge >= 0.3 is 0 Å². The van der Waals surface area contributed by atoms with Crippen LogP contribution in [-0.4, -0.2) is 19.1 Å². The molecule has 0 saturated heterocycles. The van der Waals surface area contributed by atoms with Crippen LogP contribution in [0.15, 0.2) is 36.4 Å². The second kappa shape index (κ2) is 7.38. The molecule has 0 heterocycles. The molecule has 0 spiro atoms. The number of amides is 1. The second-order valence-electron chi connectivity index (χ2n) is 5.32. The molecule has 0 saturated carbocycles. The average Bonchev–Trinajstić information content (AvgIpc) is 2.51. The highest BCUT2D eigenvalue weighted by Gasteiger charge is 2.17. The molecule has 2 aromatic carbocycles. The molecule has 1 N–H and O–H groups in total. The van der Waals surface area contributed by atoms with Crippen molar-refractivity contribution < 1.29 is 14.3 Å². The summed E-state index contributed by atoms with van der Waals surface area (Å²) in [6.07, 6.45) is -0.629. The van der Waals surface area contributed by atoms with E-state index in [4.69, 9.17) is 21.1 Å². The van der Waals surface area contributed by atoms with Crippen molar-refractivity contribution >= 4 is 23.2 Å². The predicted molar refractivity (Wildman–Crippen MR) is 92.6 cm³/mol. The van der Waals surface area contributed by atoms with Crippen molar-refractivity contribution in [3.63, 3.8) is 0 Å². The summed E-state index contributed by atoms with van der Waals surface area (Å²) in [7, 11) is 1.54. The molecule has 0 bridgehead atoms. The Morgan fingerprint density at radius 1 is 1.17 bits per heavy atom. The lowest BCUT2D eigenvalue weighted by molar-refractivity contribution is -0.122. The highest BCUT2D eigenvalue weighted by Crippen LogP contribution is 2.28. The summed E-state index contributed by atoms with van der Waals surface area (Å²) in [5.41, 5.74) is 2.59. The number of hydrogen-bond donors (Lipinski definition) is 1. The van der Waals surface area contributed by atoms with Gasteiger partial charge in [0.15, 0.2) is 6.10 Å². The standard InChI is InChI=1S/C18H20ClNO3/c1-11-6-5-7-12(2)17(11)23-13(3)18(21)20-14-8-9-16(22-4)15(19)10-14/h5-10,13H,1-4H3,(H,20,21)/t13-/m0/s1. The van der Waals surface area contributed by atoms with Crippen molar-refractivity contribution in [3.05, 3.63) is 52.5 Å². The van der Waals surface area contributed by atoms with Gasteiger partial charge in [0, 0.05) is 5.69 Å². The lowest BCUT2D eigenvalue weighted by Gasteiger charge is -2.18. The SMILES string of the molecule is COc1ccc(NC(=O)[C@H](C)Oc2c(C)cccc2C)cc1Cl. The molecule has 23 heavy (non-hydrogen) atoms. The molecule has 0 unspecified atom stereocenters. The van der Waals surface area contributed by atoms with Crippen LogP contribution in [0.2, 0.25) is 5.02 Å². The van der Waals surface area contributed by atoms with Gasteiger partial charge in [-0.25, -0.2) is 0 Å². The van der Waals surface area contributed by atoms with Gasteiger partial charge in [-0.15, -0.1) is 0 Å². The fourth-order valence-corrected chi connectivity index (χ4v) is 2.46. The van der Waals surface area contributed by atoms with Gasteiger partial charge in [-0.05, 0) is 50.1 Å². The van der Waals surface area contributed by atoms with Crippen molar-refractivity contribution in [2.24, 2.45) is 0 Å². The van der Waals surface area contributed by atoms with Crippen molar-refractivity contribution in [1.29, 1.82) is 0 Å². The van der Waals surface area contributed by atoms with Crippen molar-refractivity contribution in [2.45, 2.75) is 26.9 Å². The third-order valence-electron chi connectivity index (χ3n) is 3.49. The Kier molecular flexibility index (Phi) is 5.50. The summed E-state index contributed by atoms with van der Waals surface area (Å²) in [6, 6.07) is 10.9. The van der Waals surface area contributed by atoms with Crippen LogP contribution >= 0.6 is 11.6 Å². The molecule has 5 heteroatoms. The zero-order valence-electron chi connectivity index (χ0n) is 13.6. The fraction of sp³-hybridized carbons (Fsp3) is 0.278. The minimum Gasteiger partial charge on any atom is -0.495 e. The third kappa shape index (κ3) is 4.17. The maximum absolute atomic E-state index is 12.3. The summed E-state index contributed by atoms with van der Waals surface area (Å²) in [6.45, 7) is 5.62. The van der Waals surface area contributed by atoms with Crippen LogP contribution in [0.25, 0.3) is 0 Å². The molecule has 4 nitrogen and oxygen atoms in total. The Morgan fingerprint density at radius 2 is 1.83 bits per heavy atom. The summed E-state index contributed by atoms with van der Waals surface area (Å²) >= 11 is 6.06. The molecule has 0 aliphatic rings. The topological polar surface area (TPSA) is 47.6 Å². The first-order valence-corrected chi connectivity index (χ1v) is 7.67. The summed E-state index contributed by atoms with van der Waals surface area (Å²) in [5.74, 6) is 1.06. The Hall–Kier alpha value is -2.20. The van der Waals surface area contributed by atoms with Gasteiger partial charge in [0.05, 0.1) is 12.1 Å². The Bertz CT molecular complexity index is 695. The highest BCUT2D eigenvalue weighted by atomic mass is 35.5. The number of para-hydroxylation sites is 1. The quantitative estimate of drug-likeness (QED) is 0.883. The normalized spacial score (nSPS) is 11.7. The molecule has 0 aliphatic heterocycles. The van der Waals surface area contributed by atoms with E-state index in [-0.39, 0.29) is 5.91 Å². The number of benzene rings is 2. The first-order valence-electron chi connectivity index (χ1n) is 7.29. The van der Waals surface area contributed by atoms with Crippen molar-refractivity contribution in [3.8, 4) is 11.5 Å². The number of rotatable bonds is 5. The van der Waals surface area contributed by atoms with Crippen LogP contribution in [0.3, 0.4) is 0 Å². The Balaban J connectivity index is 2.07. The van der Waals surface area contributed by atoms with E-state index in [2.05, 4.69) is 5.32 Å². The van der Waals surface area contributed by atoms with Gasteiger partial charge in [-0.1, -0.05) is 29.8 Å². The minimum absolute atomic E-state index is 0.242. The summed E-state index contributed by atoms with van der Waals surface area (Å²) < 4.78 is 10.9. The molecule has 2 aromatic rings. The highest BCUT2D eigenvalue weighted by molar-refractivity contribution is 6.32. The van der Waals surface area contributed by atoms with E-state index in [0.717, 1.165) is 16.9 Å². The molecule has 0 radical (unpaired) electrons. The van der Waals surface area contributed by atoms with Gasteiger partial charge in [-0.2, -0.15) is 0 Å². The number of ether oxygens (including phenoxy) is 2. The van der Waals surface area contributed by atoms with Gasteiger partial charge < -0.3 is 14.8 Å². The van der Waals surface area contributed by atoms with Gasteiger partial charge in [-0.3, -0.25) is 4.79 Å². The molecule has 122 valence electrons. The number of anilines is 1. The predicted octanol–water partition coefficient (Wildman–Crippen LogP) is 4.37. The van der Waals surface area contributed by atoms with Crippen LogP contribution in [0, 0.1) is 13.8 Å². The van der Waals surface area contributed by atoms with Crippen LogP contribution in [-0.2, 0) is 4.79 Å². The summed E-state index contributed by atoms with van der Waals surface area (Å²) in [4.78, 5) is 12.3. The van der Waals surface area contributed by atoms with E-state index in [1.54, 1.807) is 32.2 Å². The first-order chi connectivity index (χ1) is 10.9. The van der Waals surface area contributed by atoms with Crippen molar-refractivity contribution in [1.82, 2.24) is 0 Å². The smallest absolute Gasteiger partial charge is 0.265 e. The number of carbonyl (C=O) groups is 1. The van der Waals surface area contributed by atoms with Crippen LogP contribution in [0.1, 0.15) is 18.1 Å². The van der Waals surface area contributed by atoms with E-state index in [1.807, 2.05) is 32.0 Å². The van der Waals surface area contributed by atoms with E-state index in [9.17, 15) is 4.79 Å². The lowest BCUT2D eigenvalue weighted by atomic mass is 10.1. The van der Waals surface area contributed by atoms with Crippen molar-refractivity contribution in [2.75, 3.05) is 12.4 Å². The average molecular weight is 334 g/mol. The van der Waals surface area contributed by atoms with Crippen LogP contribution in [0.5, 0.6) is 11.5 Å². The molecule has 0 aromatic heterocycles. The van der Waals surface area contributed by atoms with Gasteiger partial charge in [0.2, 0.25) is 0 Å². The van der Waals surface area contributed by atoms with E-state index < -0.39 is 6.10 Å². The number of carbonyl (C=O) groups excluding carboxylic acids is 1. The first kappa shape index (κ1) is 17.2. The Labute approximate surface area is 141 Å². The van der Waals surface area contributed by atoms with Gasteiger partial charge in [0.1, 0.15) is 11.5 Å². The zero-order valence-corrected chi connectivity index (χ0v) is 14.4. The molecular formula is C18H20ClNO3. The number of halogens is 1. The molecule has 1 amide bonds. The Morgan fingerprint density at radius 3 is 2.39 bits per heavy atom. The maximum Gasteiger partial charge on any atom is 0.265 e. The number of hydrogen-bond acceptors (Lipinski definition) is 3. The maximum atomic E-state index is 12.3. The monoisotopic (exact) mass is 333 g/mol. The van der Waals surface area contributed by atoms with Crippen LogP contribution in [0.4, 0.5) is 5.69 Å². The van der Waals surface area contributed by atoms with Gasteiger partial charge in [0.25, 0.3) is 5.91 Å². The van der Waals surface area contributed by atoms with E-state index >= 15 is 0 Å². The van der Waals surface area contributed by atoms with E-state index in [0.29, 0.717) is 16.5 Å². The number of methoxy groups -OCH3 is 1.